The van der Waals surface area contributed by atoms with Gasteiger partial charge in [-0.25, -0.2) is 13.9 Å². The number of nitrogens with two attached hydrogens (primary N) is 1. The summed E-state index contributed by atoms with van der Waals surface area (Å²) < 4.78 is 15.6. The molecule has 2 N–H and O–H groups in total. The van der Waals surface area contributed by atoms with E-state index in [1.165, 1.54) is 12.4 Å². The summed E-state index contributed by atoms with van der Waals surface area (Å²) in [6.45, 7) is 3.91. The van der Waals surface area contributed by atoms with Crippen LogP contribution in [-0.2, 0) is 6.54 Å². The molecule has 21 heavy (non-hydrogen) atoms. The van der Waals surface area contributed by atoms with Crippen LogP contribution in [0.5, 0.6) is 0 Å². The molecule has 3 rings (SSSR count). The van der Waals surface area contributed by atoms with Crippen LogP contribution in [0.25, 0.3) is 22.9 Å². The van der Waals surface area contributed by atoms with E-state index in [9.17, 15) is 4.39 Å². The van der Waals surface area contributed by atoms with Crippen LogP contribution in [0.3, 0.4) is 0 Å². The smallest absolute Gasteiger partial charge is 0.137 e. The van der Waals surface area contributed by atoms with Gasteiger partial charge in [-0.15, -0.1) is 12.4 Å². The number of rotatable bonds is 3. The van der Waals surface area contributed by atoms with Crippen LogP contribution in [0.4, 0.5) is 4.39 Å². The summed E-state index contributed by atoms with van der Waals surface area (Å²) in [6, 6.07) is 6.86. The Labute approximate surface area is 127 Å². The number of nitrogens with zero attached hydrogens (tertiary/aromatic N) is 3. The first kappa shape index (κ1) is 15.2. The van der Waals surface area contributed by atoms with E-state index >= 15 is 0 Å². The molecule has 0 bridgehead atoms. The molecule has 0 saturated carbocycles. The van der Waals surface area contributed by atoms with Crippen LogP contribution in [0.2, 0.25) is 0 Å². The summed E-state index contributed by atoms with van der Waals surface area (Å²) in [5, 5.41) is 4.14. The molecule has 6 heteroatoms. The number of hydrogen-bond donors (Lipinski definition) is 1. The quantitative estimate of drug-likeness (QED) is 0.809. The van der Waals surface area contributed by atoms with Gasteiger partial charge in [0.1, 0.15) is 12.1 Å². The summed E-state index contributed by atoms with van der Waals surface area (Å²) in [7, 11) is 0. The van der Waals surface area contributed by atoms with Crippen molar-refractivity contribution in [2.24, 2.45) is 5.73 Å². The number of halogens is 2. The Balaban J connectivity index is 0.00000161. The lowest BCUT2D eigenvalue weighted by Gasteiger charge is -2.05. The van der Waals surface area contributed by atoms with E-state index in [0.717, 1.165) is 11.1 Å². The van der Waals surface area contributed by atoms with Gasteiger partial charge in [0, 0.05) is 23.9 Å². The van der Waals surface area contributed by atoms with Gasteiger partial charge in [-0.3, -0.25) is 0 Å². The first-order chi connectivity index (χ1) is 9.72. The van der Waals surface area contributed by atoms with Crippen LogP contribution in [0, 0.1) is 5.82 Å². The van der Waals surface area contributed by atoms with Crippen LogP contribution >= 0.6 is 12.4 Å². The zero-order valence-corrected chi connectivity index (χ0v) is 12.0. The first-order valence-electron chi connectivity index (χ1n) is 6.17. The van der Waals surface area contributed by atoms with Crippen molar-refractivity contribution in [3.8, 4) is 11.3 Å². The minimum Gasteiger partial charge on any atom is -0.326 e. The first-order valence-corrected chi connectivity index (χ1v) is 6.17. The van der Waals surface area contributed by atoms with Crippen molar-refractivity contribution in [1.29, 1.82) is 0 Å². The predicted molar refractivity (Wildman–Crippen MR) is 83.6 cm³/mol. The molecule has 4 nitrogen and oxygen atoms in total. The van der Waals surface area contributed by atoms with Crippen molar-refractivity contribution in [3.05, 3.63) is 60.3 Å². The van der Waals surface area contributed by atoms with E-state index in [1.54, 1.807) is 16.7 Å². The molecule has 2 aromatic heterocycles. The highest BCUT2D eigenvalue weighted by Gasteiger charge is 2.10. The zero-order chi connectivity index (χ0) is 14.1. The maximum atomic E-state index is 13.9. The third-order valence-electron chi connectivity index (χ3n) is 3.21. The largest absolute Gasteiger partial charge is 0.326 e. The highest BCUT2D eigenvalue weighted by molar-refractivity contribution is 5.85. The molecule has 0 spiro atoms. The second kappa shape index (κ2) is 6.03. The van der Waals surface area contributed by atoms with Gasteiger partial charge in [-0.2, -0.15) is 5.10 Å². The monoisotopic (exact) mass is 304 g/mol. The molecule has 1 aromatic carbocycles. The Morgan fingerprint density at radius 3 is 2.81 bits per heavy atom. The van der Waals surface area contributed by atoms with Crippen molar-refractivity contribution >= 4 is 24.0 Å². The maximum Gasteiger partial charge on any atom is 0.137 e. The lowest BCUT2D eigenvalue weighted by molar-refractivity contribution is 0.611. The lowest BCUT2D eigenvalue weighted by atomic mass is 10.1. The van der Waals surface area contributed by atoms with E-state index < -0.39 is 0 Å². The Bertz CT molecular complexity index is 797. The minimum absolute atomic E-state index is 0. The number of fused-ring (bicyclic) bond motifs is 1. The molecule has 0 saturated heterocycles. The molecule has 0 unspecified atom stereocenters. The van der Waals surface area contributed by atoms with E-state index in [1.807, 2.05) is 18.3 Å². The van der Waals surface area contributed by atoms with E-state index in [2.05, 4.69) is 16.7 Å². The number of hydrogen-bond acceptors (Lipinski definition) is 3. The Morgan fingerprint density at radius 1 is 1.33 bits per heavy atom. The molecule has 0 aliphatic heterocycles. The topological polar surface area (TPSA) is 56.2 Å². The van der Waals surface area contributed by atoms with Crippen molar-refractivity contribution < 1.29 is 4.39 Å². The van der Waals surface area contributed by atoms with Crippen LogP contribution < -0.4 is 5.73 Å². The summed E-state index contributed by atoms with van der Waals surface area (Å²) in [4.78, 5) is 4.26. The summed E-state index contributed by atoms with van der Waals surface area (Å²) in [6.07, 6.45) is 5.03. The van der Waals surface area contributed by atoms with Gasteiger partial charge in [0.25, 0.3) is 0 Å². The van der Waals surface area contributed by atoms with Crippen LogP contribution in [0.1, 0.15) is 11.1 Å². The van der Waals surface area contributed by atoms with Gasteiger partial charge >= 0.3 is 0 Å². The lowest BCUT2D eigenvalue weighted by Crippen LogP contribution is -2.00. The number of benzene rings is 1. The third kappa shape index (κ3) is 2.66. The molecule has 2 heterocycles. The minimum atomic E-state index is -0.322. The van der Waals surface area contributed by atoms with Gasteiger partial charge in [0.2, 0.25) is 0 Å². The van der Waals surface area contributed by atoms with Gasteiger partial charge in [0.05, 0.1) is 11.2 Å². The van der Waals surface area contributed by atoms with E-state index in [0.29, 0.717) is 16.8 Å². The zero-order valence-electron chi connectivity index (χ0n) is 11.2. The summed E-state index contributed by atoms with van der Waals surface area (Å²) in [5.74, 6) is -0.322. The third-order valence-corrected chi connectivity index (χ3v) is 3.21. The highest BCUT2D eigenvalue weighted by atomic mass is 35.5. The Hall–Kier alpha value is -2.24. The Kier molecular flexibility index (Phi) is 4.35. The molecule has 0 fully saturated rings. The molecule has 0 atom stereocenters. The van der Waals surface area contributed by atoms with Crippen molar-refractivity contribution in [2.45, 2.75) is 6.54 Å². The molecule has 0 amide bonds. The van der Waals surface area contributed by atoms with Crippen LogP contribution in [-0.4, -0.2) is 14.6 Å². The second-order valence-corrected chi connectivity index (χ2v) is 4.43. The fourth-order valence-corrected chi connectivity index (χ4v) is 2.14. The van der Waals surface area contributed by atoms with Crippen molar-refractivity contribution in [1.82, 2.24) is 14.6 Å². The standard InChI is InChI=1S/C15H13FN4.ClH/c1-2-10-5-14-15(18-9-19-20(14)8-10)11-3-4-12(7-17)13(16)6-11;/h2-6,8-9H,1,7,17H2;1H. The average molecular weight is 305 g/mol. The van der Waals surface area contributed by atoms with Crippen molar-refractivity contribution in [3.63, 3.8) is 0 Å². The molecule has 3 aromatic rings. The second-order valence-electron chi connectivity index (χ2n) is 4.43. The average Bonchev–Trinajstić information content (AvgIpc) is 2.90. The molecular formula is C15H14ClFN4. The normalized spacial score (nSPS) is 10.4. The molecule has 0 aliphatic carbocycles. The number of aromatic nitrogens is 3. The SMILES string of the molecule is C=Cc1cc2c(-c3ccc(CN)c(F)c3)ncnn2c1.Cl. The Morgan fingerprint density at radius 2 is 2.14 bits per heavy atom. The van der Waals surface area contributed by atoms with Gasteiger partial charge < -0.3 is 5.73 Å². The van der Waals surface area contributed by atoms with Gasteiger partial charge in [-0.05, 0) is 17.7 Å². The maximum absolute atomic E-state index is 13.9. The highest BCUT2D eigenvalue weighted by Crippen LogP contribution is 2.25. The van der Waals surface area contributed by atoms with Gasteiger partial charge in [-0.1, -0.05) is 24.8 Å². The van der Waals surface area contributed by atoms with E-state index in [4.69, 9.17) is 5.73 Å². The molecule has 0 radical (unpaired) electrons. The summed E-state index contributed by atoms with van der Waals surface area (Å²) >= 11 is 0. The molecular weight excluding hydrogens is 291 g/mol. The van der Waals surface area contributed by atoms with E-state index in [-0.39, 0.29) is 24.8 Å². The van der Waals surface area contributed by atoms with Crippen LogP contribution in [0.15, 0.2) is 43.4 Å². The van der Waals surface area contributed by atoms with Gasteiger partial charge in [0.15, 0.2) is 0 Å². The molecule has 0 aliphatic rings. The fourth-order valence-electron chi connectivity index (χ4n) is 2.14. The van der Waals surface area contributed by atoms with Crippen molar-refractivity contribution in [2.75, 3.05) is 0 Å². The summed E-state index contributed by atoms with van der Waals surface area (Å²) in [5.41, 5.74) is 9.07. The fraction of sp³-hybridized carbons (Fsp3) is 0.0667. The predicted octanol–water partition coefficient (Wildman–Crippen LogP) is 3.06. The molecule has 108 valence electrons.